The van der Waals surface area contributed by atoms with Crippen molar-refractivity contribution in [2.75, 3.05) is 12.4 Å². The minimum absolute atomic E-state index is 0.343. The summed E-state index contributed by atoms with van der Waals surface area (Å²) in [6.45, 7) is 0. The van der Waals surface area contributed by atoms with Gasteiger partial charge in [0, 0.05) is 12.4 Å². The van der Waals surface area contributed by atoms with Crippen molar-refractivity contribution in [1.29, 1.82) is 0 Å². The van der Waals surface area contributed by atoms with Crippen LogP contribution >= 0.6 is 0 Å². The number of halogens is 1. The fourth-order valence-electron chi connectivity index (χ4n) is 2.15. The van der Waals surface area contributed by atoms with Crippen LogP contribution in [0.2, 0.25) is 0 Å². The molecule has 0 atom stereocenters. The Balaban J connectivity index is 2.23. The summed E-state index contributed by atoms with van der Waals surface area (Å²) in [6.07, 6.45) is 0. The zero-order chi connectivity index (χ0) is 14.1. The lowest BCUT2D eigenvalue weighted by Gasteiger charge is -2.06. The molecule has 3 aromatic rings. The van der Waals surface area contributed by atoms with Crippen molar-refractivity contribution in [3.8, 4) is 11.1 Å². The lowest BCUT2D eigenvalue weighted by molar-refractivity contribution is 0.563. The highest BCUT2D eigenvalue weighted by atomic mass is 19.1. The first-order valence-electron chi connectivity index (χ1n) is 6.19. The van der Waals surface area contributed by atoms with E-state index >= 15 is 0 Å². The Morgan fingerprint density at radius 2 is 1.90 bits per heavy atom. The van der Waals surface area contributed by atoms with Crippen molar-refractivity contribution in [3.05, 3.63) is 64.8 Å². The van der Waals surface area contributed by atoms with E-state index in [1.54, 1.807) is 31.3 Å². The summed E-state index contributed by atoms with van der Waals surface area (Å²) in [4.78, 5) is 12.0. The molecule has 1 aromatic heterocycles. The monoisotopic (exact) mass is 269 g/mol. The van der Waals surface area contributed by atoms with Gasteiger partial charge in [0.05, 0.1) is 11.3 Å². The number of anilines is 1. The van der Waals surface area contributed by atoms with Gasteiger partial charge >= 0.3 is 5.63 Å². The predicted molar refractivity (Wildman–Crippen MR) is 77.4 cm³/mol. The van der Waals surface area contributed by atoms with Gasteiger partial charge < -0.3 is 9.73 Å². The molecule has 0 aliphatic carbocycles. The van der Waals surface area contributed by atoms with Gasteiger partial charge in [-0.2, -0.15) is 0 Å². The van der Waals surface area contributed by atoms with E-state index in [0.717, 1.165) is 5.39 Å². The molecule has 0 saturated carbocycles. The van der Waals surface area contributed by atoms with Gasteiger partial charge in [-0.3, -0.25) is 0 Å². The number of hydrogen-bond acceptors (Lipinski definition) is 3. The largest absolute Gasteiger partial charge is 0.422 e. The quantitative estimate of drug-likeness (QED) is 0.722. The number of fused-ring (bicyclic) bond motifs is 1. The Morgan fingerprint density at radius 3 is 2.70 bits per heavy atom. The van der Waals surface area contributed by atoms with Crippen LogP contribution in [0.4, 0.5) is 10.1 Å². The topological polar surface area (TPSA) is 42.2 Å². The third-order valence-electron chi connectivity index (χ3n) is 3.19. The summed E-state index contributed by atoms with van der Waals surface area (Å²) in [5.74, 6) is -0.360. The smallest absolute Gasteiger partial charge is 0.344 e. The Kier molecular flexibility index (Phi) is 2.99. The maximum Gasteiger partial charge on any atom is 0.344 e. The molecular weight excluding hydrogens is 257 g/mol. The number of benzene rings is 2. The molecule has 0 bridgehead atoms. The molecule has 20 heavy (non-hydrogen) atoms. The average molecular weight is 269 g/mol. The third kappa shape index (κ3) is 2.05. The molecule has 3 rings (SSSR count). The van der Waals surface area contributed by atoms with E-state index in [1.807, 2.05) is 18.2 Å². The first kappa shape index (κ1) is 12.4. The van der Waals surface area contributed by atoms with Gasteiger partial charge in [0.15, 0.2) is 0 Å². The van der Waals surface area contributed by atoms with Crippen LogP contribution in [0.1, 0.15) is 0 Å². The molecule has 0 amide bonds. The van der Waals surface area contributed by atoms with Crippen molar-refractivity contribution in [3.63, 3.8) is 0 Å². The zero-order valence-corrected chi connectivity index (χ0v) is 10.8. The summed E-state index contributed by atoms with van der Waals surface area (Å²) in [5.41, 5.74) is 1.49. The van der Waals surface area contributed by atoms with E-state index in [4.69, 9.17) is 4.42 Å². The van der Waals surface area contributed by atoms with Gasteiger partial charge in [-0.05, 0) is 29.8 Å². The molecule has 0 spiro atoms. The second-order valence-corrected chi connectivity index (χ2v) is 4.43. The first-order valence-corrected chi connectivity index (χ1v) is 6.19. The maximum absolute atomic E-state index is 13.5. The van der Waals surface area contributed by atoms with Crippen LogP contribution in [0.15, 0.2) is 57.7 Å². The van der Waals surface area contributed by atoms with Crippen molar-refractivity contribution in [1.82, 2.24) is 0 Å². The van der Waals surface area contributed by atoms with Crippen molar-refractivity contribution in [2.45, 2.75) is 0 Å². The van der Waals surface area contributed by atoms with Gasteiger partial charge in [0.25, 0.3) is 0 Å². The van der Waals surface area contributed by atoms with Crippen LogP contribution in [0.5, 0.6) is 0 Å². The molecule has 2 aromatic carbocycles. The number of hydrogen-bond donors (Lipinski definition) is 1. The highest BCUT2D eigenvalue weighted by Gasteiger charge is 2.10. The molecule has 0 radical (unpaired) electrons. The molecule has 0 fully saturated rings. The summed E-state index contributed by atoms with van der Waals surface area (Å²) in [6, 6.07) is 13.5. The van der Waals surface area contributed by atoms with Gasteiger partial charge in [-0.15, -0.1) is 0 Å². The van der Waals surface area contributed by atoms with Gasteiger partial charge in [-0.25, -0.2) is 9.18 Å². The van der Waals surface area contributed by atoms with Crippen LogP contribution in [0, 0.1) is 5.82 Å². The van der Waals surface area contributed by atoms with E-state index in [2.05, 4.69) is 5.32 Å². The zero-order valence-electron chi connectivity index (χ0n) is 10.8. The lowest BCUT2D eigenvalue weighted by atomic mass is 10.1. The summed E-state index contributed by atoms with van der Waals surface area (Å²) in [5, 5.41) is 3.59. The molecule has 0 aliphatic heterocycles. The Bertz CT molecular complexity index is 839. The molecule has 100 valence electrons. The van der Waals surface area contributed by atoms with E-state index in [-0.39, 0.29) is 5.82 Å². The molecule has 1 N–H and O–H groups in total. The van der Waals surface area contributed by atoms with E-state index in [1.165, 1.54) is 6.07 Å². The highest BCUT2D eigenvalue weighted by Crippen LogP contribution is 2.25. The van der Waals surface area contributed by atoms with Crippen LogP contribution in [0.3, 0.4) is 0 Å². The van der Waals surface area contributed by atoms with Crippen molar-refractivity contribution in [2.24, 2.45) is 0 Å². The van der Waals surface area contributed by atoms with E-state index in [9.17, 15) is 9.18 Å². The van der Waals surface area contributed by atoms with Gasteiger partial charge in [0.2, 0.25) is 0 Å². The number of nitrogens with one attached hydrogen (secondary N) is 1. The van der Waals surface area contributed by atoms with Gasteiger partial charge in [0.1, 0.15) is 11.4 Å². The average Bonchev–Trinajstić information content (AvgIpc) is 2.47. The van der Waals surface area contributed by atoms with Crippen LogP contribution < -0.4 is 10.9 Å². The molecule has 4 heteroatoms. The minimum Gasteiger partial charge on any atom is -0.422 e. The Morgan fingerprint density at radius 1 is 1.10 bits per heavy atom. The van der Waals surface area contributed by atoms with E-state index < -0.39 is 5.63 Å². The number of para-hydroxylation sites is 1. The van der Waals surface area contributed by atoms with E-state index in [0.29, 0.717) is 22.4 Å². The molecule has 0 aliphatic rings. The van der Waals surface area contributed by atoms with Crippen molar-refractivity contribution < 1.29 is 8.81 Å². The molecule has 3 nitrogen and oxygen atoms in total. The maximum atomic E-state index is 13.5. The highest BCUT2D eigenvalue weighted by molar-refractivity contribution is 5.82. The molecular formula is C16H12FNO2. The Labute approximate surface area is 114 Å². The van der Waals surface area contributed by atoms with Crippen LogP contribution in [-0.2, 0) is 0 Å². The fraction of sp³-hybridized carbons (Fsp3) is 0.0625. The van der Waals surface area contributed by atoms with Crippen LogP contribution in [-0.4, -0.2) is 7.05 Å². The third-order valence-corrected chi connectivity index (χ3v) is 3.19. The van der Waals surface area contributed by atoms with Crippen molar-refractivity contribution >= 4 is 16.7 Å². The second kappa shape index (κ2) is 4.81. The fourth-order valence-corrected chi connectivity index (χ4v) is 2.15. The molecule has 0 unspecified atom stereocenters. The SMILES string of the molecule is CNc1cc(-c2cc3ccccc3oc2=O)ccc1F. The lowest BCUT2D eigenvalue weighted by Crippen LogP contribution is -2.03. The Hall–Kier alpha value is -2.62. The second-order valence-electron chi connectivity index (χ2n) is 4.43. The van der Waals surface area contributed by atoms with Gasteiger partial charge in [-0.1, -0.05) is 24.3 Å². The standard InChI is InChI=1S/C16H12FNO2/c1-18-14-9-10(6-7-13(14)17)12-8-11-4-2-3-5-15(11)20-16(12)19/h2-9,18H,1H3. The van der Waals surface area contributed by atoms with Crippen LogP contribution in [0.25, 0.3) is 22.1 Å². The summed E-state index contributed by atoms with van der Waals surface area (Å²) >= 11 is 0. The normalized spacial score (nSPS) is 10.7. The summed E-state index contributed by atoms with van der Waals surface area (Å²) < 4.78 is 18.8. The summed E-state index contributed by atoms with van der Waals surface area (Å²) in [7, 11) is 1.63. The number of rotatable bonds is 2. The first-order chi connectivity index (χ1) is 9.69. The molecule has 1 heterocycles. The minimum atomic E-state index is -0.433. The predicted octanol–water partition coefficient (Wildman–Crippen LogP) is 3.64. The molecule has 0 saturated heterocycles.